The zero-order chi connectivity index (χ0) is 23.7. The number of amides is 1. The first-order valence-electron chi connectivity index (χ1n) is 10.1. The average molecular weight is 446 g/mol. The molecule has 9 nitrogen and oxygen atoms in total. The minimum atomic E-state index is -0.461. The fourth-order valence-corrected chi connectivity index (χ4v) is 3.68. The quantitative estimate of drug-likeness (QED) is 0.468. The molecular formula is C24H22N4O5. The number of carbonyl (C=O) groups excluding carboxylic acids is 3. The summed E-state index contributed by atoms with van der Waals surface area (Å²) >= 11 is 0. The van der Waals surface area contributed by atoms with Crippen molar-refractivity contribution in [1.29, 1.82) is 0 Å². The summed E-state index contributed by atoms with van der Waals surface area (Å²) in [6.45, 7) is 1.43. The van der Waals surface area contributed by atoms with Crippen molar-refractivity contribution < 1.29 is 23.9 Å². The van der Waals surface area contributed by atoms with Gasteiger partial charge in [0.05, 0.1) is 30.9 Å². The number of nitrogens with zero attached hydrogens (tertiary/aromatic N) is 3. The minimum absolute atomic E-state index is 0.220. The first-order valence-corrected chi connectivity index (χ1v) is 10.1. The van der Waals surface area contributed by atoms with Gasteiger partial charge in [-0.3, -0.25) is 18.8 Å². The fourth-order valence-electron chi connectivity index (χ4n) is 3.68. The maximum Gasteiger partial charge on any atom is 0.337 e. The Hall–Kier alpha value is -4.40. The van der Waals surface area contributed by atoms with Gasteiger partial charge in [0.2, 0.25) is 5.91 Å². The second-order valence-electron chi connectivity index (χ2n) is 7.41. The van der Waals surface area contributed by atoms with Crippen LogP contribution in [0.4, 0.5) is 5.82 Å². The highest BCUT2D eigenvalue weighted by atomic mass is 16.5. The zero-order valence-electron chi connectivity index (χ0n) is 18.6. The highest BCUT2D eigenvalue weighted by Gasteiger charge is 2.21. The molecule has 33 heavy (non-hydrogen) atoms. The van der Waals surface area contributed by atoms with Crippen LogP contribution in [0.3, 0.4) is 0 Å². The molecule has 168 valence electrons. The van der Waals surface area contributed by atoms with E-state index < -0.39 is 11.9 Å². The van der Waals surface area contributed by atoms with E-state index in [0.29, 0.717) is 44.7 Å². The minimum Gasteiger partial charge on any atom is -0.497 e. The summed E-state index contributed by atoms with van der Waals surface area (Å²) in [7, 11) is 4.58. The lowest BCUT2D eigenvalue weighted by Gasteiger charge is -2.07. The summed E-state index contributed by atoms with van der Waals surface area (Å²) in [5, 5.41) is 7.79. The summed E-state index contributed by atoms with van der Waals surface area (Å²) in [5.41, 5.74) is 2.60. The van der Waals surface area contributed by atoms with E-state index in [1.807, 2.05) is 6.07 Å². The number of benzene rings is 2. The monoisotopic (exact) mass is 446 g/mol. The summed E-state index contributed by atoms with van der Waals surface area (Å²) in [5.74, 6) is -0.232. The lowest BCUT2D eigenvalue weighted by Crippen LogP contribution is -2.13. The number of anilines is 1. The van der Waals surface area contributed by atoms with Gasteiger partial charge in [-0.15, -0.1) is 0 Å². The number of carbonyl (C=O) groups is 3. The SMILES string of the molecule is COC(=O)c1cccc(-c2cn(C)nc2NC(=O)c2cn(C(C)=O)c3ccc(OC)cc23)c1. The third-order valence-corrected chi connectivity index (χ3v) is 5.25. The first-order chi connectivity index (χ1) is 15.8. The second kappa shape index (κ2) is 8.62. The van der Waals surface area contributed by atoms with E-state index in [0.717, 1.165) is 0 Å². The molecule has 0 saturated heterocycles. The van der Waals surface area contributed by atoms with Gasteiger partial charge < -0.3 is 14.8 Å². The van der Waals surface area contributed by atoms with E-state index in [4.69, 9.17) is 9.47 Å². The van der Waals surface area contributed by atoms with Crippen LogP contribution < -0.4 is 10.1 Å². The van der Waals surface area contributed by atoms with Gasteiger partial charge >= 0.3 is 5.97 Å². The van der Waals surface area contributed by atoms with Crippen LogP contribution >= 0.6 is 0 Å². The molecule has 0 saturated carbocycles. The van der Waals surface area contributed by atoms with Gasteiger partial charge in [-0.1, -0.05) is 12.1 Å². The van der Waals surface area contributed by atoms with E-state index in [1.54, 1.807) is 54.3 Å². The second-order valence-corrected chi connectivity index (χ2v) is 7.41. The molecule has 1 N–H and O–H groups in total. The van der Waals surface area contributed by atoms with E-state index >= 15 is 0 Å². The third kappa shape index (κ3) is 4.08. The molecule has 2 aromatic carbocycles. The Kier molecular flexibility index (Phi) is 5.70. The molecule has 0 aliphatic rings. The Morgan fingerprint density at radius 1 is 1.03 bits per heavy atom. The molecule has 2 heterocycles. The number of nitrogens with one attached hydrogen (secondary N) is 1. The molecule has 9 heteroatoms. The molecule has 0 spiro atoms. The lowest BCUT2D eigenvalue weighted by molar-refractivity contribution is 0.0600. The molecule has 4 aromatic rings. The normalized spacial score (nSPS) is 10.8. The number of aryl methyl sites for hydroxylation is 1. The van der Waals surface area contributed by atoms with Crippen LogP contribution in [0.1, 0.15) is 32.4 Å². The summed E-state index contributed by atoms with van der Waals surface area (Å²) in [6, 6.07) is 12.0. The van der Waals surface area contributed by atoms with Gasteiger partial charge in [0.15, 0.2) is 5.82 Å². The predicted molar refractivity (Wildman–Crippen MR) is 123 cm³/mol. The molecule has 0 fully saturated rings. The van der Waals surface area contributed by atoms with Gasteiger partial charge in [0.1, 0.15) is 5.75 Å². The highest BCUT2D eigenvalue weighted by Crippen LogP contribution is 2.30. The lowest BCUT2D eigenvalue weighted by atomic mass is 10.1. The summed E-state index contributed by atoms with van der Waals surface area (Å²) in [4.78, 5) is 37.3. The van der Waals surface area contributed by atoms with Crippen molar-refractivity contribution in [3.8, 4) is 16.9 Å². The van der Waals surface area contributed by atoms with Crippen LogP contribution in [0, 0.1) is 0 Å². The smallest absolute Gasteiger partial charge is 0.337 e. The van der Waals surface area contributed by atoms with E-state index in [9.17, 15) is 14.4 Å². The largest absolute Gasteiger partial charge is 0.497 e. The van der Waals surface area contributed by atoms with Crippen LogP contribution in [0.5, 0.6) is 5.75 Å². The summed E-state index contributed by atoms with van der Waals surface area (Å²) < 4.78 is 13.1. The molecule has 2 aromatic heterocycles. The van der Waals surface area contributed by atoms with Gasteiger partial charge in [-0.05, 0) is 35.9 Å². The number of hydrogen-bond donors (Lipinski definition) is 1. The predicted octanol–water partition coefficient (Wildman–Crippen LogP) is 3.75. The van der Waals surface area contributed by atoms with Crippen molar-refractivity contribution >= 4 is 34.5 Å². The maximum atomic E-state index is 13.3. The Labute approximate surface area is 189 Å². The Morgan fingerprint density at radius 2 is 1.82 bits per heavy atom. The molecule has 0 aliphatic heterocycles. The molecule has 0 atom stereocenters. The Morgan fingerprint density at radius 3 is 2.52 bits per heavy atom. The number of esters is 1. The highest BCUT2D eigenvalue weighted by molar-refractivity contribution is 6.15. The molecule has 4 rings (SSSR count). The van der Waals surface area contributed by atoms with E-state index in [1.165, 1.54) is 31.9 Å². The maximum absolute atomic E-state index is 13.3. The van der Waals surface area contributed by atoms with Crippen LogP contribution in [-0.4, -0.2) is 46.4 Å². The average Bonchev–Trinajstić information content (AvgIpc) is 3.38. The number of methoxy groups -OCH3 is 2. The first kappa shape index (κ1) is 21.8. The Bertz CT molecular complexity index is 1400. The van der Waals surface area contributed by atoms with Gasteiger partial charge in [0, 0.05) is 37.3 Å². The fraction of sp³-hybridized carbons (Fsp3) is 0.167. The topological polar surface area (TPSA) is 104 Å². The van der Waals surface area contributed by atoms with Crippen molar-refractivity contribution in [2.75, 3.05) is 19.5 Å². The third-order valence-electron chi connectivity index (χ3n) is 5.25. The van der Waals surface area contributed by atoms with Crippen LogP contribution in [0.2, 0.25) is 0 Å². The number of aromatic nitrogens is 3. The number of fused-ring (bicyclic) bond motifs is 1. The van der Waals surface area contributed by atoms with Crippen molar-refractivity contribution in [3.05, 3.63) is 66.0 Å². The number of hydrogen-bond acceptors (Lipinski definition) is 6. The number of ether oxygens (including phenoxy) is 2. The van der Waals surface area contributed by atoms with Crippen molar-refractivity contribution in [1.82, 2.24) is 14.3 Å². The summed E-state index contributed by atoms with van der Waals surface area (Å²) in [6.07, 6.45) is 3.25. The number of rotatable bonds is 5. The molecule has 0 unspecified atom stereocenters. The van der Waals surface area contributed by atoms with Gasteiger partial charge in [-0.25, -0.2) is 4.79 Å². The van der Waals surface area contributed by atoms with Crippen molar-refractivity contribution in [2.24, 2.45) is 7.05 Å². The molecule has 0 radical (unpaired) electrons. The van der Waals surface area contributed by atoms with Crippen LogP contribution in [0.25, 0.3) is 22.0 Å². The van der Waals surface area contributed by atoms with Crippen LogP contribution in [-0.2, 0) is 11.8 Å². The molecule has 0 aliphatic carbocycles. The van der Waals surface area contributed by atoms with Crippen molar-refractivity contribution in [3.63, 3.8) is 0 Å². The van der Waals surface area contributed by atoms with Gasteiger partial charge in [-0.2, -0.15) is 5.10 Å². The molecule has 0 bridgehead atoms. The standard InChI is InChI=1S/C24H22N4O5/c1-14(29)28-13-20(18-11-17(32-3)8-9-21(18)28)23(30)25-22-19(12-27(2)26-22)15-6-5-7-16(10-15)24(31)33-4/h5-13H,1-4H3,(H,25,26,30). The van der Waals surface area contributed by atoms with Gasteiger partial charge in [0.25, 0.3) is 5.91 Å². The van der Waals surface area contributed by atoms with Crippen LogP contribution in [0.15, 0.2) is 54.9 Å². The Balaban J connectivity index is 1.75. The van der Waals surface area contributed by atoms with Crippen molar-refractivity contribution in [2.45, 2.75) is 6.92 Å². The molecule has 1 amide bonds. The van der Waals surface area contributed by atoms with E-state index in [-0.39, 0.29) is 5.91 Å². The molecular weight excluding hydrogens is 424 g/mol. The zero-order valence-corrected chi connectivity index (χ0v) is 18.6. The van der Waals surface area contributed by atoms with E-state index in [2.05, 4.69) is 10.4 Å².